The molecule has 0 aliphatic heterocycles. The molecule has 0 spiro atoms. The van der Waals surface area contributed by atoms with E-state index in [2.05, 4.69) is 0 Å². The number of hydrogen-bond donors (Lipinski definition) is 0. The van der Waals surface area contributed by atoms with E-state index in [4.69, 9.17) is 16.3 Å². The molecule has 0 aliphatic carbocycles. The van der Waals surface area contributed by atoms with Crippen molar-refractivity contribution in [3.8, 4) is 0 Å². The first-order chi connectivity index (χ1) is 7.04. The summed E-state index contributed by atoms with van der Waals surface area (Å²) in [6, 6.07) is 3.01. The number of esters is 1. The van der Waals surface area contributed by atoms with E-state index in [0.29, 0.717) is 0 Å². The zero-order valence-corrected chi connectivity index (χ0v) is 8.72. The third-order valence-electron chi connectivity index (χ3n) is 1.76. The van der Waals surface area contributed by atoms with Crippen LogP contribution in [0.5, 0.6) is 0 Å². The van der Waals surface area contributed by atoms with Gasteiger partial charge in [0, 0.05) is 18.6 Å². The van der Waals surface area contributed by atoms with E-state index < -0.39 is 23.7 Å². The van der Waals surface area contributed by atoms with E-state index in [9.17, 15) is 13.6 Å². The lowest BCUT2D eigenvalue weighted by Crippen LogP contribution is -2.11. The summed E-state index contributed by atoms with van der Waals surface area (Å²) in [5.41, 5.74) is 0.0709. The summed E-state index contributed by atoms with van der Waals surface area (Å²) < 4.78 is 30.6. The number of halogens is 3. The molecule has 0 fully saturated rings. The average Bonchev–Trinajstić information content (AvgIpc) is 2.14. The molecule has 1 atom stereocenters. The van der Waals surface area contributed by atoms with Gasteiger partial charge in [0.05, 0.1) is 5.88 Å². The third-order valence-corrected chi connectivity index (χ3v) is 2.04. The van der Waals surface area contributed by atoms with E-state index in [-0.39, 0.29) is 11.4 Å². The van der Waals surface area contributed by atoms with Crippen LogP contribution in [0.25, 0.3) is 0 Å². The molecule has 1 aromatic carbocycles. The van der Waals surface area contributed by atoms with E-state index >= 15 is 0 Å². The van der Waals surface area contributed by atoms with Crippen LogP contribution >= 0.6 is 11.6 Å². The van der Waals surface area contributed by atoms with E-state index in [0.717, 1.165) is 12.1 Å². The van der Waals surface area contributed by atoms with Gasteiger partial charge in [0.2, 0.25) is 0 Å². The van der Waals surface area contributed by atoms with Gasteiger partial charge in [-0.2, -0.15) is 0 Å². The summed E-state index contributed by atoms with van der Waals surface area (Å²) >= 11 is 5.52. The molecule has 0 saturated heterocycles. The number of alkyl halides is 1. The van der Waals surface area contributed by atoms with Crippen molar-refractivity contribution >= 4 is 17.6 Å². The molecule has 1 aromatic rings. The van der Waals surface area contributed by atoms with Crippen molar-refractivity contribution in [1.82, 2.24) is 0 Å². The second-order valence-corrected chi connectivity index (χ2v) is 3.23. The van der Waals surface area contributed by atoms with Crippen LogP contribution in [0.15, 0.2) is 18.2 Å². The van der Waals surface area contributed by atoms with Gasteiger partial charge in [-0.25, -0.2) is 8.78 Å². The van der Waals surface area contributed by atoms with E-state index in [1.165, 1.54) is 13.0 Å². The minimum Gasteiger partial charge on any atom is -0.456 e. The van der Waals surface area contributed by atoms with Gasteiger partial charge in [0.15, 0.2) is 0 Å². The van der Waals surface area contributed by atoms with Crippen LogP contribution in [0, 0.1) is 11.6 Å². The smallest absolute Gasteiger partial charge is 0.303 e. The second-order valence-electron chi connectivity index (χ2n) is 2.92. The molecule has 0 heterocycles. The molecule has 0 aliphatic rings. The first-order valence-corrected chi connectivity index (χ1v) is 4.76. The summed E-state index contributed by atoms with van der Waals surface area (Å²) in [4.78, 5) is 10.7. The van der Waals surface area contributed by atoms with Gasteiger partial charge in [-0.1, -0.05) is 0 Å². The predicted molar refractivity (Wildman–Crippen MR) is 51.6 cm³/mol. The fourth-order valence-corrected chi connectivity index (χ4v) is 1.37. The van der Waals surface area contributed by atoms with Gasteiger partial charge in [0.25, 0.3) is 0 Å². The average molecular weight is 235 g/mol. The van der Waals surface area contributed by atoms with Gasteiger partial charge < -0.3 is 4.74 Å². The van der Waals surface area contributed by atoms with Crippen LogP contribution < -0.4 is 0 Å². The molecule has 0 unspecified atom stereocenters. The zero-order valence-electron chi connectivity index (χ0n) is 7.97. The maximum atomic E-state index is 13.2. The SMILES string of the molecule is CC(=O)O[C@H](CCl)c1ccc(F)cc1F. The Bertz CT molecular complexity index is 368. The summed E-state index contributed by atoms with van der Waals surface area (Å²) in [5.74, 6) is -2.11. The Hall–Kier alpha value is -1.16. The van der Waals surface area contributed by atoms with Crippen LogP contribution in [0.2, 0.25) is 0 Å². The molecule has 2 nitrogen and oxygen atoms in total. The van der Waals surface area contributed by atoms with Crippen molar-refractivity contribution in [2.24, 2.45) is 0 Å². The maximum Gasteiger partial charge on any atom is 0.303 e. The first-order valence-electron chi connectivity index (χ1n) is 4.22. The fourth-order valence-electron chi connectivity index (χ4n) is 1.14. The molecule has 0 aromatic heterocycles. The van der Waals surface area contributed by atoms with E-state index in [1.807, 2.05) is 0 Å². The third kappa shape index (κ3) is 3.16. The highest BCUT2D eigenvalue weighted by atomic mass is 35.5. The minimum atomic E-state index is -0.884. The molecule has 1 rings (SSSR count). The first kappa shape index (κ1) is 11.9. The van der Waals surface area contributed by atoms with E-state index in [1.54, 1.807) is 0 Å². The number of rotatable bonds is 3. The standard InChI is InChI=1S/C10H9ClF2O2/c1-6(14)15-10(5-11)8-3-2-7(12)4-9(8)13/h2-4,10H,5H2,1H3/t10-/m1/s1. The number of carbonyl (C=O) groups is 1. The Morgan fingerprint density at radius 3 is 2.67 bits per heavy atom. The van der Waals surface area contributed by atoms with Crippen molar-refractivity contribution in [1.29, 1.82) is 0 Å². The molecule has 0 bridgehead atoms. The van der Waals surface area contributed by atoms with Crippen LogP contribution in [0.4, 0.5) is 8.78 Å². The van der Waals surface area contributed by atoms with Gasteiger partial charge in [0.1, 0.15) is 17.7 Å². The van der Waals surface area contributed by atoms with Crippen molar-refractivity contribution in [3.63, 3.8) is 0 Å². The van der Waals surface area contributed by atoms with Gasteiger partial charge >= 0.3 is 5.97 Å². The van der Waals surface area contributed by atoms with Crippen molar-refractivity contribution in [3.05, 3.63) is 35.4 Å². The topological polar surface area (TPSA) is 26.3 Å². The van der Waals surface area contributed by atoms with Crippen molar-refractivity contribution in [2.45, 2.75) is 13.0 Å². The summed E-state index contributed by atoms with van der Waals surface area (Å²) in [6.45, 7) is 1.20. The van der Waals surface area contributed by atoms with Crippen molar-refractivity contribution in [2.75, 3.05) is 5.88 Å². The predicted octanol–water partition coefficient (Wildman–Crippen LogP) is 2.81. The number of hydrogen-bond acceptors (Lipinski definition) is 2. The summed E-state index contributed by atoms with van der Waals surface area (Å²) in [5, 5.41) is 0. The van der Waals surface area contributed by atoms with Crippen LogP contribution in [0.1, 0.15) is 18.6 Å². The van der Waals surface area contributed by atoms with Crippen LogP contribution in [-0.4, -0.2) is 11.8 Å². The lowest BCUT2D eigenvalue weighted by molar-refractivity contribution is -0.145. The number of carbonyl (C=O) groups excluding carboxylic acids is 1. The van der Waals surface area contributed by atoms with Crippen LogP contribution in [-0.2, 0) is 9.53 Å². The Kier molecular flexibility index (Phi) is 4.03. The monoisotopic (exact) mass is 234 g/mol. The highest BCUT2D eigenvalue weighted by Gasteiger charge is 2.18. The molecule has 0 radical (unpaired) electrons. The molecule has 0 N–H and O–H groups in total. The lowest BCUT2D eigenvalue weighted by atomic mass is 10.1. The Morgan fingerprint density at radius 1 is 1.53 bits per heavy atom. The molecule has 0 amide bonds. The number of benzene rings is 1. The molecule has 0 saturated carbocycles. The zero-order chi connectivity index (χ0) is 11.4. The molecule has 15 heavy (non-hydrogen) atoms. The van der Waals surface area contributed by atoms with Crippen LogP contribution in [0.3, 0.4) is 0 Å². The normalized spacial score (nSPS) is 12.3. The number of ether oxygens (including phenoxy) is 1. The fraction of sp³-hybridized carbons (Fsp3) is 0.300. The minimum absolute atomic E-state index is 0.0709. The van der Waals surface area contributed by atoms with Gasteiger partial charge in [-0.05, 0) is 12.1 Å². The molecular formula is C10H9ClF2O2. The Balaban J connectivity index is 2.96. The highest BCUT2D eigenvalue weighted by molar-refractivity contribution is 6.18. The highest BCUT2D eigenvalue weighted by Crippen LogP contribution is 2.22. The van der Waals surface area contributed by atoms with Gasteiger partial charge in [-0.3, -0.25) is 4.79 Å². The second kappa shape index (κ2) is 5.07. The summed E-state index contributed by atoms with van der Waals surface area (Å²) in [6.07, 6.45) is -0.884. The Morgan fingerprint density at radius 2 is 2.20 bits per heavy atom. The maximum absolute atomic E-state index is 13.2. The lowest BCUT2D eigenvalue weighted by Gasteiger charge is -2.14. The largest absolute Gasteiger partial charge is 0.456 e. The molecule has 5 heteroatoms. The summed E-state index contributed by atoms with van der Waals surface area (Å²) in [7, 11) is 0. The van der Waals surface area contributed by atoms with Gasteiger partial charge in [-0.15, -0.1) is 11.6 Å². The molecule has 82 valence electrons. The van der Waals surface area contributed by atoms with Crippen molar-refractivity contribution < 1.29 is 18.3 Å². The molecular weight excluding hydrogens is 226 g/mol. The quantitative estimate of drug-likeness (QED) is 0.594. The Labute approximate surface area is 90.8 Å².